The molecule has 0 saturated heterocycles. The fourth-order valence-corrected chi connectivity index (χ4v) is 4.23. The summed E-state index contributed by atoms with van der Waals surface area (Å²) in [7, 11) is 2.97. The minimum atomic E-state index is 0. The zero-order chi connectivity index (χ0) is 21.1. The molecule has 0 heterocycles. The van der Waals surface area contributed by atoms with Crippen LogP contribution in [-0.2, 0) is 19.2 Å². The van der Waals surface area contributed by atoms with Gasteiger partial charge in [0.15, 0.2) is 0 Å². The van der Waals surface area contributed by atoms with Crippen molar-refractivity contribution < 1.29 is 44.0 Å². The third-order valence-corrected chi connectivity index (χ3v) is 5.52. The molecule has 0 unspecified atom stereocenters. The zero-order valence-corrected chi connectivity index (χ0v) is 24.1. The fraction of sp³-hybridized carbons (Fsp3) is 0.0667. The van der Waals surface area contributed by atoms with Crippen LogP contribution in [0.2, 0.25) is 0 Å². The molecule has 0 N–H and O–H groups in total. The van der Waals surface area contributed by atoms with Gasteiger partial charge < -0.3 is 39.7 Å². The molecule has 6 rings (SSSR count). The molecule has 0 aliphatic rings. The van der Waals surface area contributed by atoms with E-state index in [1.165, 1.54) is 54.2 Å². The van der Waals surface area contributed by atoms with Gasteiger partial charge in [-0.1, -0.05) is 85.3 Å². The molecule has 0 aliphatic heterocycles. The first-order chi connectivity index (χ1) is 14.7. The Morgan fingerprint density at radius 1 is 0.529 bits per heavy atom. The van der Waals surface area contributed by atoms with E-state index in [0.717, 1.165) is 0 Å². The van der Waals surface area contributed by atoms with Crippen LogP contribution in [-0.4, -0.2) is 7.63 Å². The van der Waals surface area contributed by atoms with Crippen LogP contribution in [0.4, 0.5) is 0 Å². The summed E-state index contributed by atoms with van der Waals surface area (Å²) in [6.07, 6.45) is 0. The Balaban J connectivity index is 0.000000538. The molecule has 174 valence electrons. The molecule has 0 saturated carbocycles. The second kappa shape index (κ2) is 14.5. The van der Waals surface area contributed by atoms with Gasteiger partial charge in [-0.2, -0.15) is 12.1 Å². The van der Waals surface area contributed by atoms with Gasteiger partial charge in [-0.15, -0.1) is 56.9 Å². The molecular formula is C30H28Cl2SiTi-4. The van der Waals surface area contributed by atoms with Crippen molar-refractivity contribution in [3.63, 3.8) is 0 Å². The summed E-state index contributed by atoms with van der Waals surface area (Å²) < 4.78 is 0. The molecule has 6 aromatic rings. The third kappa shape index (κ3) is 6.62. The molecule has 0 aliphatic carbocycles. The maximum atomic E-state index is 2.97. The molecule has 0 aromatic heterocycles. The van der Waals surface area contributed by atoms with Gasteiger partial charge >= 0.3 is 26.8 Å². The second-order valence-corrected chi connectivity index (χ2v) is 7.64. The summed E-state index contributed by atoms with van der Waals surface area (Å²) >= 11 is 1.81. The number of benzene rings is 4. The average molecular weight is 535 g/mol. The van der Waals surface area contributed by atoms with Crippen molar-refractivity contribution in [2.45, 2.75) is 13.8 Å². The molecule has 0 amide bonds. The van der Waals surface area contributed by atoms with Gasteiger partial charge in [0, 0.05) is 0 Å². The standard InChI is InChI=1S/2C14H11.2CH3.2ClH.Si.Ti/c2*1-10-8-12-7-6-11-4-2-3-5-13(11)14(12)9-10;;;;;;/h2*2-9H,1H3;2*1H3;2*1H;;/q4*-1;;;;+2/p-2. The van der Waals surface area contributed by atoms with Crippen molar-refractivity contribution in [2.24, 2.45) is 0 Å². The molecule has 0 spiro atoms. The van der Waals surface area contributed by atoms with E-state index in [0.29, 0.717) is 0 Å². The summed E-state index contributed by atoms with van der Waals surface area (Å²) in [6.45, 7) is 4.30. The normalized spacial score (nSPS) is 9.41. The molecule has 0 bridgehead atoms. The number of hydrogen-bond acceptors (Lipinski definition) is 0. The molecule has 0 atom stereocenters. The summed E-state index contributed by atoms with van der Waals surface area (Å²) in [4.78, 5) is 0. The van der Waals surface area contributed by atoms with E-state index < -0.39 is 0 Å². The Morgan fingerprint density at radius 2 is 0.882 bits per heavy atom. The van der Waals surface area contributed by atoms with Crippen molar-refractivity contribution >= 4 is 50.7 Å². The predicted octanol–water partition coefficient (Wildman–Crippen LogP) is 2.57. The first-order valence-electron chi connectivity index (χ1n) is 10.0. The quantitative estimate of drug-likeness (QED) is 0.207. The van der Waals surface area contributed by atoms with Crippen molar-refractivity contribution in [1.82, 2.24) is 0 Å². The van der Waals surface area contributed by atoms with Gasteiger partial charge in [0.05, 0.1) is 0 Å². The Morgan fingerprint density at radius 3 is 1.26 bits per heavy atom. The number of aryl methyl sites for hydroxylation is 2. The Kier molecular flexibility index (Phi) is 13.7. The van der Waals surface area contributed by atoms with E-state index in [-0.39, 0.29) is 39.7 Å². The maximum absolute atomic E-state index is 2.97. The van der Waals surface area contributed by atoms with E-state index in [1.807, 2.05) is 0 Å². The van der Waals surface area contributed by atoms with E-state index in [2.05, 4.69) is 119 Å². The summed E-state index contributed by atoms with van der Waals surface area (Å²) in [5.74, 6) is 0. The molecule has 2 radical (unpaired) electrons. The summed E-state index contributed by atoms with van der Waals surface area (Å²) in [5.41, 5.74) is 2.69. The molecule has 4 heteroatoms. The topological polar surface area (TPSA) is 0 Å². The Bertz CT molecular complexity index is 1350. The van der Waals surface area contributed by atoms with Crippen LogP contribution < -0.4 is 24.8 Å². The Hall–Kier alpha value is -1.87. The number of fused-ring (bicyclic) bond motifs is 6. The first kappa shape index (κ1) is 32.1. The first-order valence-corrected chi connectivity index (χ1v) is 12.9. The van der Waals surface area contributed by atoms with Crippen LogP contribution in [0.1, 0.15) is 11.1 Å². The SMILES string of the molecule is Cc1cc2c(ccc3ccccc32)[cH-]1.Cc1cc2c(ccc3ccccc32)[cH-]1.[CH3-].[CH3-].[Cl-].[Cl-].[Si]=[Ti+2]. The molecule has 6 aromatic carbocycles. The van der Waals surface area contributed by atoms with E-state index >= 15 is 0 Å². The average Bonchev–Trinajstić information content (AvgIpc) is 3.37. The van der Waals surface area contributed by atoms with Crippen molar-refractivity contribution in [3.05, 3.63) is 123 Å². The molecule has 34 heavy (non-hydrogen) atoms. The van der Waals surface area contributed by atoms with E-state index in [9.17, 15) is 0 Å². The number of rotatable bonds is 0. The monoisotopic (exact) mass is 534 g/mol. The van der Waals surface area contributed by atoms with Crippen LogP contribution in [0.15, 0.2) is 97.1 Å². The van der Waals surface area contributed by atoms with Crippen molar-refractivity contribution in [3.8, 4) is 0 Å². The minimum absolute atomic E-state index is 0. The van der Waals surface area contributed by atoms with Crippen molar-refractivity contribution in [2.75, 3.05) is 0 Å². The zero-order valence-electron chi connectivity index (χ0n) is 20.0. The summed E-state index contributed by atoms with van der Waals surface area (Å²) in [5, 5.41) is 10.8. The van der Waals surface area contributed by atoms with Gasteiger partial charge in [-0.3, -0.25) is 0 Å². The molecule has 0 fully saturated rings. The van der Waals surface area contributed by atoms with Gasteiger partial charge in [0.25, 0.3) is 0 Å². The van der Waals surface area contributed by atoms with Crippen LogP contribution in [0.25, 0.3) is 43.1 Å². The van der Waals surface area contributed by atoms with Gasteiger partial charge in [0.1, 0.15) is 0 Å². The van der Waals surface area contributed by atoms with Crippen LogP contribution in [0.5, 0.6) is 0 Å². The van der Waals surface area contributed by atoms with Gasteiger partial charge in [-0.05, 0) is 10.8 Å². The fourth-order valence-electron chi connectivity index (χ4n) is 4.23. The van der Waals surface area contributed by atoms with Crippen LogP contribution in [0.3, 0.4) is 0 Å². The second-order valence-electron chi connectivity index (χ2n) is 7.64. The number of hydrogen-bond donors (Lipinski definition) is 0. The van der Waals surface area contributed by atoms with E-state index in [1.54, 1.807) is 19.2 Å². The summed E-state index contributed by atoms with van der Waals surface area (Å²) in [6, 6.07) is 34.9. The predicted molar refractivity (Wildman–Crippen MR) is 142 cm³/mol. The van der Waals surface area contributed by atoms with Gasteiger partial charge in [0.2, 0.25) is 0 Å². The van der Waals surface area contributed by atoms with Gasteiger partial charge in [-0.25, -0.2) is 0 Å². The third-order valence-electron chi connectivity index (χ3n) is 5.52. The molecular weight excluding hydrogens is 507 g/mol. The van der Waals surface area contributed by atoms with Crippen LogP contribution >= 0.6 is 0 Å². The molecule has 0 nitrogen and oxygen atoms in total. The van der Waals surface area contributed by atoms with Crippen molar-refractivity contribution in [1.29, 1.82) is 0 Å². The number of halogens is 2. The van der Waals surface area contributed by atoms with E-state index in [4.69, 9.17) is 0 Å². The Labute approximate surface area is 230 Å². The van der Waals surface area contributed by atoms with Crippen LogP contribution in [0, 0.1) is 28.7 Å².